The van der Waals surface area contributed by atoms with Crippen molar-refractivity contribution in [1.82, 2.24) is 0 Å². The van der Waals surface area contributed by atoms with Gasteiger partial charge in [0, 0.05) is 5.75 Å². The van der Waals surface area contributed by atoms with Gasteiger partial charge in [0.05, 0.1) is 4.90 Å². The molecule has 2 N–H and O–H groups in total. The van der Waals surface area contributed by atoms with Crippen LogP contribution in [0.3, 0.4) is 0 Å². The molecular weight excluding hydrogens is 198 g/mol. The fourth-order valence-corrected chi connectivity index (χ4v) is 1.63. The van der Waals surface area contributed by atoms with Crippen LogP contribution in [0.1, 0.15) is 0 Å². The Morgan fingerprint density at radius 1 is 1.57 bits per heavy atom. The van der Waals surface area contributed by atoms with E-state index < -0.39 is 6.09 Å². The van der Waals surface area contributed by atoms with Crippen molar-refractivity contribution in [2.45, 2.75) is 4.90 Å². The average Bonchev–Trinajstić information content (AvgIpc) is 2.16. The zero-order valence-electron chi connectivity index (χ0n) is 7.60. The first-order chi connectivity index (χ1) is 6.74. The molecule has 0 saturated heterocycles. The number of para-hydroxylation sites is 1. The van der Waals surface area contributed by atoms with Gasteiger partial charge in [0.1, 0.15) is 5.75 Å². The third-order valence-corrected chi connectivity index (χ3v) is 2.47. The minimum atomic E-state index is -0.795. The fourth-order valence-electron chi connectivity index (χ4n) is 0.911. The summed E-state index contributed by atoms with van der Waals surface area (Å²) >= 11 is 1.54. The van der Waals surface area contributed by atoms with E-state index in [1.807, 2.05) is 12.1 Å². The van der Waals surface area contributed by atoms with E-state index in [2.05, 4.69) is 6.58 Å². The molecule has 0 spiro atoms. The van der Waals surface area contributed by atoms with Gasteiger partial charge in [0.15, 0.2) is 0 Å². The van der Waals surface area contributed by atoms with Crippen LogP contribution in [0.5, 0.6) is 5.75 Å². The van der Waals surface area contributed by atoms with Gasteiger partial charge in [-0.05, 0) is 12.1 Å². The highest BCUT2D eigenvalue weighted by Gasteiger charge is 2.04. The number of rotatable bonds is 4. The molecular formula is C10H11NO2S. The quantitative estimate of drug-likeness (QED) is 0.612. The molecule has 0 aliphatic carbocycles. The summed E-state index contributed by atoms with van der Waals surface area (Å²) in [6, 6.07) is 7.23. The first kappa shape index (κ1) is 10.7. The van der Waals surface area contributed by atoms with E-state index in [9.17, 15) is 4.79 Å². The van der Waals surface area contributed by atoms with Crippen molar-refractivity contribution < 1.29 is 9.53 Å². The van der Waals surface area contributed by atoms with Gasteiger partial charge in [0.2, 0.25) is 0 Å². The monoisotopic (exact) mass is 209 g/mol. The Labute approximate surface area is 86.9 Å². The Kier molecular flexibility index (Phi) is 4.07. The van der Waals surface area contributed by atoms with E-state index in [-0.39, 0.29) is 0 Å². The van der Waals surface area contributed by atoms with Gasteiger partial charge in [-0.15, -0.1) is 18.3 Å². The van der Waals surface area contributed by atoms with E-state index in [1.54, 1.807) is 18.2 Å². The summed E-state index contributed by atoms with van der Waals surface area (Å²) < 4.78 is 4.83. The molecule has 0 aliphatic heterocycles. The largest absolute Gasteiger partial charge is 0.410 e. The molecule has 74 valence electrons. The Balaban J connectivity index is 2.79. The molecule has 0 heterocycles. The lowest BCUT2D eigenvalue weighted by Crippen LogP contribution is -2.16. The highest BCUT2D eigenvalue weighted by atomic mass is 32.2. The van der Waals surface area contributed by atoms with Crippen molar-refractivity contribution in [3.63, 3.8) is 0 Å². The van der Waals surface area contributed by atoms with E-state index >= 15 is 0 Å². The summed E-state index contributed by atoms with van der Waals surface area (Å²) in [5.74, 6) is 1.26. The van der Waals surface area contributed by atoms with Crippen LogP contribution in [0.15, 0.2) is 41.8 Å². The zero-order chi connectivity index (χ0) is 10.4. The second-order valence-corrected chi connectivity index (χ2v) is 3.53. The molecule has 1 aromatic rings. The molecule has 1 rings (SSSR count). The Morgan fingerprint density at radius 3 is 2.93 bits per heavy atom. The third kappa shape index (κ3) is 3.14. The lowest BCUT2D eigenvalue weighted by Gasteiger charge is -2.06. The van der Waals surface area contributed by atoms with Crippen molar-refractivity contribution >= 4 is 17.9 Å². The summed E-state index contributed by atoms with van der Waals surface area (Å²) in [5.41, 5.74) is 4.93. The lowest BCUT2D eigenvalue weighted by molar-refractivity contribution is 0.210. The molecule has 14 heavy (non-hydrogen) atoms. The Hall–Kier alpha value is -1.42. The second-order valence-electron chi connectivity index (χ2n) is 2.47. The second kappa shape index (κ2) is 5.34. The van der Waals surface area contributed by atoms with Crippen molar-refractivity contribution in [1.29, 1.82) is 0 Å². The zero-order valence-corrected chi connectivity index (χ0v) is 8.42. The molecule has 4 heteroatoms. The minimum Gasteiger partial charge on any atom is -0.409 e. The van der Waals surface area contributed by atoms with Crippen LogP contribution in [0.4, 0.5) is 4.79 Å². The van der Waals surface area contributed by atoms with E-state index in [4.69, 9.17) is 10.5 Å². The topological polar surface area (TPSA) is 52.3 Å². The van der Waals surface area contributed by atoms with Crippen molar-refractivity contribution in [3.05, 3.63) is 36.9 Å². The predicted octanol–water partition coefficient (Wildman–Crippen LogP) is 2.42. The number of hydrogen-bond acceptors (Lipinski definition) is 3. The van der Waals surface area contributed by atoms with Gasteiger partial charge >= 0.3 is 6.09 Å². The molecule has 0 saturated carbocycles. The molecule has 3 nitrogen and oxygen atoms in total. The van der Waals surface area contributed by atoms with E-state index in [1.165, 1.54) is 11.8 Å². The van der Waals surface area contributed by atoms with Crippen molar-refractivity contribution in [2.24, 2.45) is 5.73 Å². The summed E-state index contributed by atoms with van der Waals surface area (Å²) in [6.45, 7) is 3.61. The highest BCUT2D eigenvalue weighted by Crippen LogP contribution is 2.28. The number of primary amides is 1. The summed E-state index contributed by atoms with van der Waals surface area (Å²) in [7, 11) is 0. The van der Waals surface area contributed by atoms with Gasteiger partial charge < -0.3 is 10.5 Å². The highest BCUT2D eigenvalue weighted by molar-refractivity contribution is 7.99. The molecule has 0 atom stereocenters. The fraction of sp³-hybridized carbons (Fsp3) is 0.100. The molecule has 0 aromatic heterocycles. The molecule has 0 bridgehead atoms. The predicted molar refractivity (Wildman–Crippen MR) is 57.6 cm³/mol. The molecule has 1 amide bonds. The van der Waals surface area contributed by atoms with Gasteiger partial charge in [-0.3, -0.25) is 0 Å². The smallest absolute Gasteiger partial charge is 0.409 e. The van der Waals surface area contributed by atoms with Gasteiger partial charge in [-0.2, -0.15) is 0 Å². The number of amides is 1. The first-order valence-electron chi connectivity index (χ1n) is 4.04. The average molecular weight is 209 g/mol. The normalized spacial score (nSPS) is 9.43. The maximum absolute atomic E-state index is 10.6. The minimum absolute atomic E-state index is 0.492. The van der Waals surface area contributed by atoms with Crippen LogP contribution in [-0.2, 0) is 0 Å². The van der Waals surface area contributed by atoms with Crippen LogP contribution in [-0.4, -0.2) is 11.8 Å². The summed E-state index contributed by atoms with van der Waals surface area (Å²) in [4.78, 5) is 11.4. The van der Waals surface area contributed by atoms with Gasteiger partial charge in [-0.1, -0.05) is 18.2 Å². The van der Waals surface area contributed by atoms with Crippen LogP contribution in [0.25, 0.3) is 0 Å². The lowest BCUT2D eigenvalue weighted by atomic mass is 10.3. The number of hydrogen-bond donors (Lipinski definition) is 1. The molecule has 0 fully saturated rings. The van der Waals surface area contributed by atoms with Gasteiger partial charge in [-0.25, -0.2) is 4.79 Å². The van der Waals surface area contributed by atoms with Crippen LogP contribution in [0, 0.1) is 0 Å². The van der Waals surface area contributed by atoms with Crippen LogP contribution in [0.2, 0.25) is 0 Å². The summed E-state index contributed by atoms with van der Waals surface area (Å²) in [5, 5.41) is 0. The van der Waals surface area contributed by atoms with Gasteiger partial charge in [0.25, 0.3) is 0 Å². The number of benzene rings is 1. The summed E-state index contributed by atoms with van der Waals surface area (Å²) in [6.07, 6.45) is 0.989. The standard InChI is InChI=1S/C10H11NO2S/c1-2-7-14-9-6-4-3-5-8(9)13-10(11)12/h2-6H,1,7H2,(H2,11,12). The number of thioether (sulfide) groups is 1. The number of carbonyl (C=O) groups excluding carboxylic acids is 1. The molecule has 0 radical (unpaired) electrons. The van der Waals surface area contributed by atoms with Crippen LogP contribution >= 0.6 is 11.8 Å². The number of carbonyl (C=O) groups is 1. The Morgan fingerprint density at radius 2 is 2.29 bits per heavy atom. The molecule has 0 unspecified atom stereocenters. The van der Waals surface area contributed by atoms with E-state index in [0.29, 0.717) is 5.75 Å². The third-order valence-electron chi connectivity index (χ3n) is 1.42. The van der Waals surface area contributed by atoms with Crippen molar-refractivity contribution in [2.75, 3.05) is 5.75 Å². The SMILES string of the molecule is C=CCSc1ccccc1OC(N)=O. The van der Waals surface area contributed by atoms with Crippen molar-refractivity contribution in [3.8, 4) is 5.75 Å². The maximum Gasteiger partial charge on any atom is 0.410 e. The van der Waals surface area contributed by atoms with Crippen LogP contribution < -0.4 is 10.5 Å². The maximum atomic E-state index is 10.6. The molecule has 1 aromatic carbocycles. The molecule has 0 aliphatic rings. The first-order valence-corrected chi connectivity index (χ1v) is 5.02. The number of nitrogens with two attached hydrogens (primary N) is 1. The number of ether oxygens (including phenoxy) is 1. The van der Waals surface area contributed by atoms with E-state index in [0.717, 1.165) is 10.6 Å². The Bertz CT molecular complexity index is 339.